The Bertz CT molecular complexity index is 446. The number of carbonyl (C=O) groups is 1. The summed E-state index contributed by atoms with van der Waals surface area (Å²) in [5.74, 6) is -1.66. The van der Waals surface area contributed by atoms with Crippen molar-refractivity contribution in [1.82, 2.24) is 0 Å². The monoisotopic (exact) mass is 289 g/mol. The molecule has 1 unspecified atom stereocenters. The summed E-state index contributed by atoms with van der Waals surface area (Å²) in [6, 6.07) is 4.82. The molecule has 0 bridgehead atoms. The Balaban J connectivity index is 2.76. The molecule has 0 fully saturated rings. The minimum absolute atomic E-state index is 0.101. The number of unbranched alkanes of at least 4 members (excludes halogenated alkanes) is 1. The number of aliphatic carboxylic acids is 1. The van der Waals surface area contributed by atoms with E-state index in [0.29, 0.717) is 31.4 Å². The van der Waals surface area contributed by atoms with E-state index < -0.39 is 23.6 Å². The zero-order valence-corrected chi connectivity index (χ0v) is 11.0. The number of benzene rings is 1. The van der Waals surface area contributed by atoms with Crippen LogP contribution < -0.4 is 5.73 Å². The molecule has 3 N–H and O–H groups in total. The SMILES string of the molecule is NCCCCC(Cc1cccc(C(F)(F)F)c1)C(=O)O. The highest BCUT2D eigenvalue weighted by molar-refractivity contribution is 5.70. The van der Waals surface area contributed by atoms with E-state index in [2.05, 4.69) is 0 Å². The highest BCUT2D eigenvalue weighted by atomic mass is 19.4. The first-order valence-corrected chi connectivity index (χ1v) is 6.43. The molecule has 0 heterocycles. The quantitative estimate of drug-likeness (QED) is 0.758. The molecule has 0 spiro atoms. The molecule has 0 radical (unpaired) electrons. The van der Waals surface area contributed by atoms with E-state index in [1.165, 1.54) is 12.1 Å². The van der Waals surface area contributed by atoms with Crippen LogP contribution in [0.25, 0.3) is 0 Å². The molecule has 20 heavy (non-hydrogen) atoms. The number of hydrogen-bond donors (Lipinski definition) is 2. The minimum atomic E-state index is -4.41. The summed E-state index contributed by atoms with van der Waals surface area (Å²) in [7, 11) is 0. The van der Waals surface area contributed by atoms with Crippen molar-refractivity contribution in [3.05, 3.63) is 35.4 Å². The summed E-state index contributed by atoms with van der Waals surface area (Å²) >= 11 is 0. The highest BCUT2D eigenvalue weighted by Crippen LogP contribution is 2.30. The van der Waals surface area contributed by atoms with Crippen molar-refractivity contribution >= 4 is 5.97 Å². The second-order valence-corrected chi connectivity index (χ2v) is 4.72. The summed E-state index contributed by atoms with van der Waals surface area (Å²) in [5.41, 5.74) is 4.98. The Hall–Kier alpha value is -1.56. The molecule has 0 aliphatic heterocycles. The smallest absolute Gasteiger partial charge is 0.416 e. The van der Waals surface area contributed by atoms with Gasteiger partial charge in [0.2, 0.25) is 0 Å². The number of nitrogens with two attached hydrogens (primary N) is 1. The van der Waals surface area contributed by atoms with Gasteiger partial charge in [0.15, 0.2) is 0 Å². The summed E-state index contributed by atoms with van der Waals surface area (Å²) in [6.07, 6.45) is -2.51. The average molecular weight is 289 g/mol. The van der Waals surface area contributed by atoms with Crippen LogP contribution in [0.4, 0.5) is 13.2 Å². The van der Waals surface area contributed by atoms with Crippen molar-refractivity contribution in [2.45, 2.75) is 31.9 Å². The third kappa shape index (κ3) is 5.21. The van der Waals surface area contributed by atoms with Crippen LogP contribution in [0.2, 0.25) is 0 Å². The summed E-state index contributed by atoms with van der Waals surface area (Å²) in [4.78, 5) is 11.1. The molecule has 1 aromatic carbocycles. The summed E-state index contributed by atoms with van der Waals surface area (Å²) < 4.78 is 37.7. The molecule has 6 heteroatoms. The number of hydrogen-bond acceptors (Lipinski definition) is 2. The van der Waals surface area contributed by atoms with Gasteiger partial charge in [-0.15, -0.1) is 0 Å². The minimum Gasteiger partial charge on any atom is -0.481 e. The molecule has 1 rings (SSSR count). The third-order valence-corrected chi connectivity index (χ3v) is 3.09. The van der Waals surface area contributed by atoms with Crippen molar-refractivity contribution in [3.63, 3.8) is 0 Å². The number of carboxylic acid groups (broad SMARTS) is 1. The number of rotatable bonds is 7. The highest BCUT2D eigenvalue weighted by Gasteiger charge is 2.30. The van der Waals surface area contributed by atoms with Crippen LogP contribution in [0, 0.1) is 5.92 Å². The Labute approximate surface area is 115 Å². The molecule has 3 nitrogen and oxygen atoms in total. The number of alkyl halides is 3. The van der Waals surface area contributed by atoms with Gasteiger partial charge in [-0.1, -0.05) is 24.6 Å². The molecular weight excluding hydrogens is 271 g/mol. The Morgan fingerprint density at radius 1 is 1.30 bits per heavy atom. The zero-order chi connectivity index (χ0) is 15.2. The van der Waals surface area contributed by atoms with Gasteiger partial charge < -0.3 is 10.8 Å². The molecule has 1 aromatic rings. The fourth-order valence-corrected chi connectivity index (χ4v) is 2.01. The first kappa shape index (κ1) is 16.5. The van der Waals surface area contributed by atoms with Crippen LogP contribution in [-0.2, 0) is 17.4 Å². The predicted octanol–water partition coefficient (Wildman–Crippen LogP) is 3.08. The van der Waals surface area contributed by atoms with Gasteiger partial charge >= 0.3 is 12.1 Å². The maximum Gasteiger partial charge on any atom is 0.416 e. The zero-order valence-electron chi connectivity index (χ0n) is 11.0. The molecule has 0 aliphatic rings. The molecule has 0 amide bonds. The van der Waals surface area contributed by atoms with Crippen LogP contribution >= 0.6 is 0 Å². The first-order chi connectivity index (χ1) is 9.34. The Kier molecular flexibility index (Phi) is 6.01. The number of halogens is 3. The van der Waals surface area contributed by atoms with Gasteiger partial charge in [-0.2, -0.15) is 13.2 Å². The van der Waals surface area contributed by atoms with Crippen LogP contribution in [0.1, 0.15) is 30.4 Å². The standard InChI is InChI=1S/C14H18F3NO2/c15-14(16,17)12-6-3-4-10(9-12)8-11(13(19)20)5-1-2-7-18/h3-4,6,9,11H,1-2,5,7-8,18H2,(H,19,20). The maximum atomic E-state index is 12.6. The molecule has 0 aromatic heterocycles. The second-order valence-electron chi connectivity index (χ2n) is 4.72. The topological polar surface area (TPSA) is 63.3 Å². The van der Waals surface area contributed by atoms with Gasteiger partial charge in [-0.25, -0.2) is 0 Å². The van der Waals surface area contributed by atoms with E-state index in [4.69, 9.17) is 10.8 Å². The third-order valence-electron chi connectivity index (χ3n) is 3.09. The van der Waals surface area contributed by atoms with Crippen molar-refractivity contribution in [1.29, 1.82) is 0 Å². The lowest BCUT2D eigenvalue weighted by Gasteiger charge is -2.13. The fraction of sp³-hybridized carbons (Fsp3) is 0.500. The van der Waals surface area contributed by atoms with Crippen molar-refractivity contribution in [2.24, 2.45) is 11.7 Å². The van der Waals surface area contributed by atoms with Gasteiger partial charge in [-0.3, -0.25) is 4.79 Å². The lowest BCUT2D eigenvalue weighted by Crippen LogP contribution is -2.17. The van der Waals surface area contributed by atoms with Crippen molar-refractivity contribution in [3.8, 4) is 0 Å². The lowest BCUT2D eigenvalue weighted by molar-refractivity contribution is -0.142. The molecular formula is C14H18F3NO2. The Morgan fingerprint density at radius 2 is 2.00 bits per heavy atom. The average Bonchev–Trinajstić information content (AvgIpc) is 2.37. The summed E-state index contributed by atoms with van der Waals surface area (Å²) in [5, 5.41) is 9.11. The van der Waals surface area contributed by atoms with Crippen molar-refractivity contribution < 1.29 is 23.1 Å². The molecule has 0 aliphatic carbocycles. The van der Waals surface area contributed by atoms with E-state index >= 15 is 0 Å². The van der Waals surface area contributed by atoms with Crippen LogP contribution in [0.3, 0.4) is 0 Å². The van der Waals surface area contributed by atoms with Crippen LogP contribution in [0.15, 0.2) is 24.3 Å². The van der Waals surface area contributed by atoms with Crippen LogP contribution in [-0.4, -0.2) is 17.6 Å². The molecule has 0 saturated heterocycles. The summed E-state index contributed by atoms with van der Waals surface area (Å²) in [6.45, 7) is 0.482. The van der Waals surface area contributed by atoms with E-state index in [0.717, 1.165) is 12.1 Å². The van der Waals surface area contributed by atoms with E-state index in [9.17, 15) is 18.0 Å². The fourth-order valence-electron chi connectivity index (χ4n) is 2.01. The maximum absolute atomic E-state index is 12.6. The lowest BCUT2D eigenvalue weighted by atomic mass is 9.93. The normalized spacial score (nSPS) is 13.2. The van der Waals surface area contributed by atoms with Gasteiger partial charge in [0, 0.05) is 0 Å². The van der Waals surface area contributed by atoms with Gasteiger partial charge in [0.1, 0.15) is 0 Å². The second kappa shape index (κ2) is 7.28. The van der Waals surface area contributed by atoms with Gasteiger partial charge in [0.25, 0.3) is 0 Å². The van der Waals surface area contributed by atoms with Gasteiger partial charge in [0.05, 0.1) is 11.5 Å². The largest absolute Gasteiger partial charge is 0.481 e. The predicted molar refractivity (Wildman–Crippen MR) is 69.2 cm³/mol. The molecule has 112 valence electrons. The number of carboxylic acids is 1. The van der Waals surface area contributed by atoms with Crippen molar-refractivity contribution in [2.75, 3.05) is 6.54 Å². The Morgan fingerprint density at radius 3 is 2.55 bits per heavy atom. The van der Waals surface area contributed by atoms with E-state index in [-0.39, 0.29) is 6.42 Å². The van der Waals surface area contributed by atoms with E-state index in [1.54, 1.807) is 0 Å². The molecule has 1 atom stereocenters. The van der Waals surface area contributed by atoms with E-state index in [1.807, 2.05) is 0 Å². The van der Waals surface area contributed by atoms with Gasteiger partial charge in [-0.05, 0) is 37.4 Å². The van der Waals surface area contributed by atoms with Crippen LogP contribution in [0.5, 0.6) is 0 Å². The first-order valence-electron chi connectivity index (χ1n) is 6.43. The molecule has 0 saturated carbocycles.